The van der Waals surface area contributed by atoms with Crippen molar-refractivity contribution < 1.29 is 0 Å². The third-order valence-corrected chi connectivity index (χ3v) is 2.73. The second kappa shape index (κ2) is 3.86. The highest BCUT2D eigenvalue weighted by Gasteiger charge is 2.06. The van der Waals surface area contributed by atoms with Gasteiger partial charge in [0.1, 0.15) is 0 Å². The summed E-state index contributed by atoms with van der Waals surface area (Å²) >= 11 is 22.6. The number of rotatable bonds is 1. The molecule has 0 nitrogen and oxygen atoms in total. The summed E-state index contributed by atoms with van der Waals surface area (Å²) in [5.74, 6) is 1.35. The summed E-state index contributed by atoms with van der Waals surface area (Å²) in [6, 6.07) is 3.34. The van der Waals surface area contributed by atoms with Crippen molar-refractivity contribution in [3.05, 3.63) is 38.6 Å². The lowest BCUT2D eigenvalue weighted by Gasteiger charge is -2.02. The Morgan fingerprint density at radius 2 is 1.64 bits per heavy atom. The van der Waals surface area contributed by atoms with E-state index in [1.807, 2.05) is 0 Å². The van der Waals surface area contributed by atoms with Crippen LogP contribution >= 0.6 is 46.4 Å². The van der Waals surface area contributed by atoms with Crippen LogP contribution in [0.25, 0.3) is 0 Å². The van der Waals surface area contributed by atoms with E-state index in [4.69, 9.17) is 46.4 Å². The second-order valence-electron chi connectivity index (χ2n) is 1.87. The van der Waals surface area contributed by atoms with E-state index in [9.17, 15) is 0 Å². The van der Waals surface area contributed by atoms with Gasteiger partial charge in [-0.05, 0) is 11.6 Å². The van der Waals surface area contributed by atoms with Crippen LogP contribution < -0.4 is 0 Å². The molecule has 0 N–H and O–H groups in total. The van der Waals surface area contributed by atoms with Gasteiger partial charge in [0.25, 0.3) is 0 Å². The normalized spacial score (nSPS) is 10.2. The first-order valence-corrected chi connectivity index (χ1v) is 4.30. The van der Waals surface area contributed by atoms with Gasteiger partial charge >= 0.3 is 0 Å². The Morgan fingerprint density at radius 1 is 1.00 bits per heavy atom. The van der Waals surface area contributed by atoms with Crippen LogP contribution in [0.15, 0.2) is 12.1 Å². The molecular formula is C7H3Cl4. The lowest BCUT2D eigenvalue weighted by atomic mass is 10.2. The molecule has 0 aromatic heterocycles. The molecule has 0 spiro atoms. The van der Waals surface area contributed by atoms with Gasteiger partial charge < -0.3 is 0 Å². The van der Waals surface area contributed by atoms with Gasteiger partial charge in [-0.25, -0.2) is 0 Å². The van der Waals surface area contributed by atoms with Crippen molar-refractivity contribution in [2.75, 3.05) is 0 Å². The van der Waals surface area contributed by atoms with Crippen molar-refractivity contribution in [1.82, 2.24) is 0 Å². The summed E-state index contributed by atoms with van der Waals surface area (Å²) in [5, 5.41) is 1.15. The monoisotopic (exact) mass is 227 g/mol. The van der Waals surface area contributed by atoms with Gasteiger partial charge in [0.15, 0.2) is 0 Å². The molecule has 0 aliphatic carbocycles. The molecule has 1 aromatic rings. The van der Waals surface area contributed by atoms with Crippen LogP contribution in [0.3, 0.4) is 0 Å². The fraction of sp³-hybridized carbons (Fsp3) is 0. The standard InChI is InChI=1S/C7H3Cl4/c8-3-4-1-2-5(9)7(11)6(4)10/h1-3H. The van der Waals surface area contributed by atoms with E-state index in [-0.39, 0.29) is 0 Å². The molecule has 0 aliphatic rings. The third-order valence-electron chi connectivity index (χ3n) is 1.18. The van der Waals surface area contributed by atoms with E-state index in [2.05, 4.69) is 0 Å². The van der Waals surface area contributed by atoms with Gasteiger partial charge in [-0.3, -0.25) is 0 Å². The van der Waals surface area contributed by atoms with E-state index in [1.165, 1.54) is 5.88 Å². The number of benzene rings is 1. The summed E-state index contributed by atoms with van der Waals surface area (Å²) in [7, 11) is 0. The molecule has 0 aliphatic heterocycles. The molecule has 0 heterocycles. The first-order chi connectivity index (χ1) is 5.16. The highest BCUT2D eigenvalue weighted by Crippen LogP contribution is 2.33. The lowest BCUT2D eigenvalue weighted by Crippen LogP contribution is -1.79. The number of hydrogen-bond acceptors (Lipinski definition) is 0. The quantitative estimate of drug-likeness (QED) is 0.626. The van der Waals surface area contributed by atoms with E-state index in [1.54, 1.807) is 12.1 Å². The molecule has 0 bridgehead atoms. The molecule has 0 atom stereocenters. The minimum Gasteiger partial charge on any atom is -0.116 e. The number of halogens is 4. The fourth-order valence-corrected chi connectivity index (χ4v) is 1.46. The molecule has 0 amide bonds. The Bertz CT molecular complexity index is 269. The zero-order chi connectivity index (χ0) is 8.43. The molecule has 1 rings (SSSR count). The number of hydrogen-bond donors (Lipinski definition) is 0. The topological polar surface area (TPSA) is 0 Å². The van der Waals surface area contributed by atoms with Crippen molar-refractivity contribution >= 4 is 46.4 Å². The van der Waals surface area contributed by atoms with Crippen molar-refractivity contribution in [2.45, 2.75) is 0 Å². The van der Waals surface area contributed by atoms with Crippen LogP contribution in [0, 0.1) is 5.88 Å². The first kappa shape index (κ1) is 9.47. The van der Waals surface area contributed by atoms with Crippen LogP contribution in [-0.4, -0.2) is 0 Å². The second-order valence-corrected chi connectivity index (χ2v) is 3.26. The maximum atomic E-state index is 5.77. The van der Waals surface area contributed by atoms with Gasteiger partial charge in [-0.15, -0.1) is 11.6 Å². The molecule has 0 unspecified atom stereocenters. The molecule has 1 aromatic carbocycles. The largest absolute Gasteiger partial charge is 0.116 e. The summed E-state index contributed by atoms with van der Waals surface area (Å²) in [5.41, 5.74) is 0.669. The molecule has 0 fully saturated rings. The third kappa shape index (κ3) is 1.94. The molecule has 4 heteroatoms. The maximum Gasteiger partial charge on any atom is 0.0805 e. The Morgan fingerprint density at radius 3 is 2.18 bits per heavy atom. The van der Waals surface area contributed by atoms with Crippen LogP contribution in [0.1, 0.15) is 5.56 Å². The molecule has 0 saturated carbocycles. The first-order valence-electron chi connectivity index (χ1n) is 2.73. The Labute approximate surface area is 85.0 Å². The van der Waals surface area contributed by atoms with Gasteiger partial charge in [0.05, 0.1) is 20.9 Å². The Balaban J connectivity index is 3.25. The van der Waals surface area contributed by atoms with E-state index < -0.39 is 0 Å². The van der Waals surface area contributed by atoms with E-state index in [0.29, 0.717) is 20.6 Å². The maximum absolute atomic E-state index is 5.77. The lowest BCUT2D eigenvalue weighted by molar-refractivity contribution is 1.58. The fourth-order valence-electron chi connectivity index (χ4n) is 0.625. The molecular weight excluding hydrogens is 226 g/mol. The predicted octanol–water partition coefficient (Wildman–Crippen LogP) is 4.40. The van der Waals surface area contributed by atoms with Crippen LogP contribution in [0.2, 0.25) is 15.1 Å². The minimum absolute atomic E-state index is 0.336. The summed E-state index contributed by atoms with van der Waals surface area (Å²) < 4.78 is 0. The van der Waals surface area contributed by atoms with Crippen LogP contribution in [0.5, 0.6) is 0 Å². The van der Waals surface area contributed by atoms with Crippen molar-refractivity contribution in [3.8, 4) is 0 Å². The van der Waals surface area contributed by atoms with Crippen LogP contribution in [-0.2, 0) is 0 Å². The summed E-state index contributed by atoms with van der Waals surface area (Å²) in [6.07, 6.45) is 0. The Hall–Kier alpha value is 0.380. The van der Waals surface area contributed by atoms with Gasteiger partial charge in [0.2, 0.25) is 0 Å². The van der Waals surface area contributed by atoms with Gasteiger partial charge in [-0.1, -0.05) is 40.9 Å². The highest BCUT2D eigenvalue weighted by atomic mass is 35.5. The zero-order valence-corrected chi connectivity index (χ0v) is 8.27. The van der Waals surface area contributed by atoms with E-state index in [0.717, 1.165) is 0 Å². The summed E-state index contributed by atoms with van der Waals surface area (Å²) in [6.45, 7) is 0. The zero-order valence-electron chi connectivity index (χ0n) is 5.24. The SMILES string of the molecule is Cl[CH]c1ccc(Cl)c(Cl)c1Cl. The predicted molar refractivity (Wildman–Crippen MR) is 50.7 cm³/mol. The van der Waals surface area contributed by atoms with Crippen molar-refractivity contribution in [1.29, 1.82) is 0 Å². The Kier molecular flexibility index (Phi) is 3.32. The van der Waals surface area contributed by atoms with Crippen molar-refractivity contribution in [2.24, 2.45) is 0 Å². The van der Waals surface area contributed by atoms with Crippen molar-refractivity contribution in [3.63, 3.8) is 0 Å². The van der Waals surface area contributed by atoms with Gasteiger partial charge in [0, 0.05) is 0 Å². The summed E-state index contributed by atoms with van der Waals surface area (Å²) in [4.78, 5) is 0. The average molecular weight is 229 g/mol. The smallest absolute Gasteiger partial charge is 0.0805 e. The average Bonchev–Trinajstić information content (AvgIpc) is 2.01. The molecule has 59 valence electrons. The molecule has 0 saturated heterocycles. The molecule has 1 radical (unpaired) electrons. The van der Waals surface area contributed by atoms with Gasteiger partial charge in [-0.2, -0.15) is 0 Å². The minimum atomic E-state index is 0.336. The van der Waals surface area contributed by atoms with E-state index >= 15 is 0 Å². The highest BCUT2D eigenvalue weighted by molar-refractivity contribution is 6.48. The van der Waals surface area contributed by atoms with Crippen LogP contribution in [0.4, 0.5) is 0 Å². The molecule has 11 heavy (non-hydrogen) atoms.